The first-order chi connectivity index (χ1) is 15.1. The summed E-state index contributed by atoms with van der Waals surface area (Å²) in [5, 5.41) is 11.3. The predicted molar refractivity (Wildman–Crippen MR) is 125 cm³/mol. The number of carbonyl (C=O) groups excluding carboxylic acids is 1. The fourth-order valence-electron chi connectivity index (χ4n) is 5.14. The number of nitrogens with zero attached hydrogens (tertiary/aromatic N) is 3. The van der Waals surface area contributed by atoms with E-state index in [2.05, 4.69) is 31.2 Å². The lowest BCUT2D eigenvalue weighted by Crippen LogP contribution is -2.24. The first kappa shape index (κ1) is 20.3. The highest BCUT2D eigenvalue weighted by Gasteiger charge is 2.28. The summed E-state index contributed by atoms with van der Waals surface area (Å²) in [6, 6.07) is 12.6. The van der Waals surface area contributed by atoms with Crippen molar-refractivity contribution in [2.24, 2.45) is 5.92 Å². The van der Waals surface area contributed by atoms with Crippen molar-refractivity contribution in [1.29, 1.82) is 5.26 Å². The molecule has 2 aromatic heterocycles. The Bertz CT molecular complexity index is 1220. The second kappa shape index (κ2) is 8.16. The molecule has 2 aliphatic carbocycles. The van der Waals surface area contributed by atoms with Gasteiger partial charge in [0.15, 0.2) is 0 Å². The molecule has 0 saturated heterocycles. The molecule has 5 heteroatoms. The Labute approximate surface area is 187 Å². The molecule has 0 bridgehead atoms. The molecule has 0 spiro atoms. The number of hydrogen-bond donors (Lipinski definition) is 0. The van der Waals surface area contributed by atoms with Crippen LogP contribution >= 0.6 is 11.8 Å². The number of aryl methyl sites for hydroxylation is 2. The largest absolute Gasteiger partial charge is 0.283 e. The van der Waals surface area contributed by atoms with E-state index in [1.807, 2.05) is 23.6 Å². The normalized spacial score (nSPS) is 18.8. The van der Waals surface area contributed by atoms with Crippen LogP contribution in [-0.2, 0) is 25.7 Å². The molecule has 2 heterocycles. The Morgan fingerprint density at radius 3 is 2.90 bits per heavy atom. The maximum atomic E-state index is 13.7. The third kappa shape index (κ3) is 3.57. The number of hydrogen-bond acceptors (Lipinski definition) is 4. The Morgan fingerprint density at radius 1 is 1.26 bits per heavy atom. The van der Waals surface area contributed by atoms with Crippen LogP contribution in [0.3, 0.4) is 0 Å². The molecule has 0 fully saturated rings. The molecule has 2 unspecified atom stereocenters. The molecule has 0 N–H and O–H groups in total. The van der Waals surface area contributed by atoms with Gasteiger partial charge in [0.2, 0.25) is 5.91 Å². The maximum absolute atomic E-state index is 13.7. The van der Waals surface area contributed by atoms with Gasteiger partial charge in [-0.1, -0.05) is 36.9 Å². The lowest BCUT2D eigenvalue weighted by Gasteiger charge is -2.22. The lowest BCUT2D eigenvalue weighted by atomic mass is 9.87. The van der Waals surface area contributed by atoms with E-state index in [4.69, 9.17) is 4.98 Å². The van der Waals surface area contributed by atoms with Crippen molar-refractivity contribution in [1.82, 2.24) is 9.55 Å². The van der Waals surface area contributed by atoms with E-state index in [1.54, 1.807) is 0 Å². The van der Waals surface area contributed by atoms with Crippen LogP contribution in [0.4, 0.5) is 0 Å². The number of aromatic nitrogens is 2. The number of thioether (sulfide) groups is 1. The highest BCUT2D eigenvalue weighted by molar-refractivity contribution is 8.00. The second-order valence-corrected chi connectivity index (χ2v) is 10.3. The van der Waals surface area contributed by atoms with Crippen molar-refractivity contribution in [3.05, 3.63) is 58.4 Å². The van der Waals surface area contributed by atoms with Crippen LogP contribution in [0.2, 0.25) is 0 Å². The smallest absolute Gasteiger partial charge is 0.244 e. The fraction of sp³-hybridized carbons (Fsp3) is 0.423. The SMILES string of the molecule is CC1CCc2nc(SC(C)C(=O)n3c4c(c5ccccc53)CCCC4)c(C#N)cc2C1. The number of rotatable bonds is 3. The zero-order chi connectivity index (χ0) is 21.5. The Balaban J connectivity index is 1.49. The summed E-state index contributed by atoms with van der Waals surface area (Å²) in [6.07, 6.45) is 7.37. The van der Waals surface area contributed by atoms with Crippen LogP contribution < -0.4 is 0 Å². The summed E-state index contributed by atoms with van der Waals surface area (Å²) in [5.41, 5.74) is 6.42. The van der Waals surface area contributed by atoms with Gasteiger partial charge in [-0.15, -0.1) is 0 Å². The Morgan fingerprint density at radius 2 is 2.06 bits per heavy atom. The van der Waals surface area contributed by atoms with Gasteiger partial charge in [0.1, 0.15) is 11.1 Å². The van der Waals surface area contributed by atoms with Crippen molar-refractivity contribution < 1.29 is 4.79 Å². The first-order valence-corrected chi connectivity index (χ1v) is 12.2. The number of pyridine rings is 1. The van der Waals surface area contributed by atoms with Gasteiger partial charge >= 0.3 is 0 Å². The summed E-state index contributed by atoms with van der Waals surface area (Å²) in [5.74, 6) is 0.717. The van der Waals surface area contributed by atoms with Crippen molar-refractivity contribution in [2.45, 2.75) is 69.1 Å². The van der Waals surface area contributed by atoms with Gasteiger partial charge in [-0.3, -0.25) is 9.36 Å². The molecule has 3 aromatic rings. The van der Waals surface area contributed by atoms with Gasteiger partial charge in [-0.2, -0.15) is 5.26 Å². The highest BCUT2D eigenvalue weighted by atomic mass is 32.2. The summed E-state index contributed by atoms with van der Waals surface area (Å²) >= 11 is 1.43. The molecule has 2 aliphatic rings. The number of benzene rings is 1. The average molecular weight is 430 g/mol. The van der Waals surface area contributed by atoms with Gasteiger partial charge in [0.05, 0.1) is 16.3 Å². The molecule has 0 amide bonds. The minimum Gasteiger partial charge on any atom is -0.283 e. The van der Waals surface area contributed by atoms with Crippen LogP contribution in [0.1, 0.15) is 66.0 Å². The fourth-order valence-corrected chi connectivity index (χ4v) is 6.08. The number of fused-ring (bicyclic) bond motifs is 4. The molecule has 4 nitrogen and oxygen atoms in total. The summed E-state index contributed by atoms with van der Waals surface area (Å²) < 4.78 is 1.95. The van der Waals surface area contributed by atoms with E-state index in [0.717, 1.165) is 49.7 Å². The van der Waals surface area contributed by atoms with Crippen molar-refractivity contribution in [2.75, 3.05) is 0 Å². The van der Waals surface area contributed by atoms with E-state index in [9.17, 15) is 10.1 Å². The second-order valence-electron chi connectivity index (χ2n) is 8.99. The van der Waals surface area contributed by atoms with E-state index in [0.29, 0.717) is 16.5 Å². The standard InChI is InChI=1S/C26H27N3OS/c1-16-11-12-22-18(13-16)14-19(15-27)25(28-22)31-17(2)26(30)29-23-9-5-3-7-20(23)21-8-4-6-10-24(21)29/h3,5,7,9,14,16-17H,4,6,8,10-13H2,1-2H3. The monoisotopic (exact) mass is 429 g/mol. The number of para-hydroxylation sites is 1. The lowest BCUT2D eigenvalue weighted by molar-refractivity contribution is 0.0917. The van der Waals surface area contributed by atoms with Crippen LogP contribution in [0.25, 0.3) is 10.9 Å². The molecule has 31 heavy (non-hydrogen) atoms. The maximum Gasteiger partial charge on any atom is 0.244 e. The molecule has 1 aromatic carbocycles. The van der Waals surface area contributed by atoms with Crippen molar-refractivity contribution in [3.63, 3.8) is 0 Å². The first-order valence-electron chi connectivity index (χ1n) is 11.3. The van der Waals surface area contributed by atoms with E-state index < -0.39 is 0 Å². The molecular formula is C26H27N3OS. The Hall–Kier alpha value is -2.58. The third-order valence-electron chi connectivity index (χ3n) is 6.75. The zero-order valence-electron chi connectivity index (χ0n) is 18.1. The van der Waals surface area contributed by atoms with E-state index >= 15 is 0 Å². The van der Waals surface area contributed by atoms with Crippen molar-refractivity contribution >= 4 is 28.6 Å². The van der Waals surface area contributed by atoms with Gasteiger partial charge < -0.3 is 0 Å². The van der Waals surface area contributed by atoms with Gasteiger partial charge in [0.25, 0.3) is 0 Å². The van der Waals surface area contributed by atoms with E-state index in [1.165, 1.54) is 40.4 Å². The van der Waals surface area contributed by atoms with Crippen LogP contribution in [0.15, 0.2) is 35.4 Å². The molecule has 2 atom stereocenters. The number of carbonyl (C=O) groups is 1. The van der Waals surface area contributed by atoms with Crippen molar-refractivity contribution in [3.8, 4) is 6.07 Å². The summed E-state index contributed by atoms with van der Waals surface area (Å²) in [7, 11) is 0. The van der Waals surface area contributed by atoms with Crippen LogP contribution in [-0.4, -0.2) is 20.7 Å². The molecule has 0 aliphatic heterocycles. The molecule has 5 rings (SSSR count). The molecule has 158 valence electrons. The van der Waals surface area contributed by atoms with Crippen LogP contribution in [0.5, 0.6) is 0 Å². The van der Waals surface area contributed by atoms with Gasteiger partial charge in [-0.05, 0) is 81.0 Å². The Kier molecular flexibility index (Phi) is 5.35. The quantitative estimate of drug-likeness (QED) is 0.499. The van der Waals surface area contributed by atoms with E-state index in [-0.39, 0.29) is 11.2 Å². The molecule has 0 radical (unpaired) electrons. The summed E-state index contributed by atoms with van der Waals surface area (Å²) in [6.45, 7) is 4.20. The van der Waals surface area contributed by atoms with Gasteiger partial charge in [0, 0.05) is 16.8 Å². The minimum atomic E-state index is -0.318. The zero-order valence-corrected chi connectivity index (χ0v) is 19.0. The average Bonchev–Trinajstić information content (AvgIpc) is 3.12. The van der Waals surface area contributed by atoms with Gasteiger partial charge in [-0.25, -0.2) is 4.98 Å². The minimum absolute atomic E-state index is 0.0846. The summed E-state index contributed by atoms with van der Waals surface area (Å²) in [4.78, 5) is 18.5. The topological polar surface area (TPSA) is 58.7 Å². The highest BCUT2D eigenvalue weighted by Crippen LogP contribution is 2.35. The molecule has 0 saturated carbocycles. The van der Waals surface area contributed by atoms with Crippen LogP contribution in [0, 0.1) is 17.2 Å². The molecular weight excluding hydrogens is 402 g/mol. The number of nitriles is 1. The third-order valence-corrected chi connectivity index (χ3v) is 7.84. The predicted octanol–water partition coefficient (Wildman–Crippen LogP) is 5.73.